The topological polar surface area (TPSA) is 95.5 Å². The van der Waals surface area contributed by atoms with Gasteiger partial charge in [-0.1, -0.05) is 51.5 Å². The molecule has 1 fully saturated rings. The molecule has 0 N–H and O–H groups in total. The highest BCUT2D eigenvalue weighted by Crippen LogP contribution is 2.39. The third-order valence-corrected chi connectivity index (χ3v) is 7.29. The molecule has 0 spiro atoms. The van der Waals surface area contributed by atoms with Gasteiger partial charge in [0, 0.05) is 23.4 Å². The molecule has 0 bridgehead atoms. The van der Waals surface area contributed by atoms with Crippen LogP contribution < -0.4 is 4.74 Å². The first-order chi connectivity index (χ1) is 19.2. The van der Waals surface area contributed by atoms with Crippen molar-refractivity contribution in [3.05, 3.63) is 53.9 Å². The Labute approximate surface area is 236 Å². The average Bonchev–Trinajstić information content (AvgIpc) is 3.46. The van der Waals surface area contributed by atoms with Crippen molar-refractivity contribution in [1.29, 1.82) is 0 Å². The Bertz CT molecular complexity index is 1370. The van der Waals surface area contributed by atoms with Gasteiger partial charge in [-0.05, 0) is 75.8 Å². The fourth-order valence-electron chi connectivity index (χ4n) is 5.29. The van der Waals surface area contributed by atoms with E-state index in [-0.39, 0.29) is 18.1 Å². The number of hydrogen-bond donors (Lipinski definition) is 0. The van der Waals surface area contributed by atoms with Crippen LogP contribution in [0.2, 0.25) is 0 Å². The summed E-state index contributed by atoms with van der Waals surface area (Å²) in [7, 11) is 0. The smallest absolute Gasteiger partial charge is 0.379 e. The molecule has 0 radical (unpaired) electrons. The summed E-state index contributed by atoms with van der Waals surface area (Å²) in [6.45, 7) is 7.75. The summed E-state index contributed by atoms with van der Waals surface area (Å²) in [4.78, 5) is 46.6. The number of nitrogens with zero attached hydrogens (tertiary/aromatic N) is 2. The number of ketones is 1. The van der Waals surface area contributed by atoms with Gasteiger partial charge in [0.15, 0.2) is 0 Å². The Balaban J connectivity index is 1.56. The third kappa shape index (κ3) is 7.52. The predicted octanol–water partition coefficient (Wildman–Crippen LogP) is 7.74. The van der Waals surface area contributed by atoms with Crippen molar-refractivity contribution >= 4 is 28.6 Å². The molecule has 1 aliphatic rings. The number of carbonyl (C=O) groups is 3. The second kappa shape index (κ2) is 13.2. The lowest BCUT2D eigenvalue weighted by Crippen LogP contribution is -2.24. The maximum Gasteiger partial charge on any atom is 0.379 e. The van der Waals surface area contributed by atoms with Gasteiger partial charge < -0.3 is 9.47 Å². The zero-order valence-electron chi connectivity index (χ0n) is 24.1. The Kier molecular flexibility index (Phi) is 9.67. The van der Waals surface area contributed by atoms with Gasteiger partial charge in [-0.25, -0.2) is 19.6 Å². The van der Waals surface area contributed by atoms with E-state index < -0.39 is 17.4 Å². The van der Waals surface area contributed by atoms with Crippen LogP contribution in [-0.4, -0.2) is 33.3 Å². The Morgan fingerprint density at radius 3 is 2.40 bits per heavy atom. The number of esters is 2. The molecule has 4 rings (SSSR count). The van der Waals surface area contributed by atoms with Gasteiger partial charge in [0.25, 0.3) is 0 Å². The second-order valence-electron chi connectivity index (χ2n) is 11.7. The quantitative estimate of drug-likeness (QED) is 0.105. The molecule has 3 aromatic rings. The number of Topliss-reactive ketones (excluding diaryl/α,β-unsaturated/α-hetero) is 1. The molecule has 40 heavy (non-hydrogen) atoms. The molecule has 1 heterocycles. The molecule has 0 saturated heterocycles. The normalized spacial score (nSPS) is 13.9. The monoisotopic (exact) mass is 544 g/mol. The summed E-state index contributed by atoms with van der Waals surface area (Å²) in [5, 5.41) is 0.784. The van der Waals surface area contributed by atoms with E-state index in [1.54, 1.807) is 18.2 Å². The summed E-state index contributed by atoms with van der Waals surface area (Å²) in [6.07, 6.45) is 11.0. The van der Waals surface area contributed by atoms with Crippen LogP contribution in [0.4, 0.5) is 0 Å². The van der Waals surface area contributed by atoms with Crippen molar-refractivity contribution in [3.63, 3.8) is 0 Å². The standard InChI is InChI=1S/C33H40N2O5/c1-5-6-7-8-9-14-29(36)32(38)39-24-16-18-26-28(20-24)34-21-35-30(26)23-15-17-25(31(37)40-33(2,3)4)27(19-23)22-12-10-11-13-22/h15-22H,5-14H2,1-4H3. The third-order valence-electron chi connectivity index (χ3n) is 7.29. The lowest BCUT2D eigenvalue weighted by molar-refractivity contribution is -0.147. The number of aromatic nitrogens is 2. The SMILES string of the molecule is CCCCCCCC(=O)C(=O)Oc1ccc2c(-c3ccc(C(=O)OC(C)(C)C)c(C4CCCC4)c3)ncnc2c1. The summed E-state index contributed by atoms with van der Waals surface area (Å²) in [5.74, 6) is -1.10. The average molecular weight is 545 g/mol. The first-order valence-electron chi connectivity index (χ1n) is 14.5. The maximum atomic E-state index is 13.1. The molecule has 0 unspecified atom stereocenters. The highest BCUT2D eigenvalue weighted by Gasteiger charge is 2.27. The van der Waals surface area contributed by atoms with Crippen molar-refractivity contribution in [2.75, 3.05) is 0 Å². The van der Waals surface area contributed by atoms with E-state index in [9.17, 15) is 14.4 Å². The van der Waals surface area contributed by atoms with Crippen LogP contribution >= 0.6 is 0 Å². The number of benzene rings is 2. The van der Waals surface area contributed by atoms with Crippen molar-refractivity contribution in [1.82, 2.24) is 9.97 Å². The van der Waals surface area contributed by atoms with Crippen LogP contribution in [0.15, 0.2) is 42.7 Å². The van der Waals surface area contributed by atoms with Crippen LogP contribution in [-0.2, 0) is 14.3 Å². The molecular formula is C33H40N2O5. The van der Waals surface area contributed by atoms with Crippen LogP contribution in [0.5, 0.6) is 5.75 Å². The summed E-state index contributed by atoms with van der Waals surface area (Å²) >= 11 is 0. The second-order valence-corrected chi connectivity index (χ2v) is 11.7. The van der Waals surface area contributed by atoms with Gasteiger partial charge in [0.2, 0.25) is 5.78 Å². The lowest BCUT2D eigenvalue weighted by Gasteiger charge is -2.22. The van der Waals surface area contributed by atoms with Crippen molar-refractivity contribution in [2.24, 2.45) is 0 Å². The zero-order chi connectivity index (χ0) is 28.7. The van der Waals surface area contributed by atoms with E-state index in [1.165, 1.54) is 6.33 Å². The summed E-state index contributed by atoms with van der Waals surface area (Å²) in [5.41, 5.74) is 3.22. The Hall–Kier alpha value is -3.61. The summed E-state index contributed by atoms with van der Waals surface area (Å²) in [6, 6.07) is 10.9. The first-order valence-corrected chi connectivity index (χ1v) is 14.5. The van der Waals surface area contributed by atoms with Gasteiger partial charge >= 0.3 is 11.9 Å². The molecule has 2 aromatic carbocycles. The van der Waals surface area contributed by atoms with Crippen LogP contribution in [0, 0.1) is 0 Å². The zero-order valence-corrected chi connectivity index (χ0v) is 24.1. The van der Waals surface area contributed by atoms with Gasteiger partial charge in [-0.2, -0.15) is 0 Å². The maximum absolute atomic E-state index is 13.1. The molecule has 7 nitrogen and oxygen atoms in total. The fourth-order valence-corrected chi connectivity index (χ4v) is 5.29. The molecule has 1 aliphatic carbocycles. The minimum atomic E-state index is -0.844. The van der Waals surface area contributed by atoms with E-state index in [1.807, 2.05) is 32.9 Å². The number of ether oxygens (including phenoxy) is 2. The van der Waals surface area contributed by atoms with Gasteiger partial charge in [0.05, 0.1) is 16.8 Å². The molecule has 1 aromatic heterocycles. The highest BCUT2D eigenvalue weighted by molar-refractivity contribution is 6.34. The van der Waals surface area contributed by atoms with Crippen LogP contribution in [0.1, 0.15) is 114 Å². The Morgan fingerprint density at radius 1 is 0.925 bits per heavy atom. The molecule has 0 atom stereocenters. The number of rotatable bonds is 11. The van der Waals surface area contributed by atoms with Gasteiger partial charge in [-0.3, -0.25) is 4.79 Å². The predicted molar refractivity (Wildman–Crippen MR) is 155 cm³/mol. The molecule has 0 aliphatic heterocycles. The molecule has 7 heteroatoms. The fraction of sp³-hybridized carbons (Fsp3) is 0.485. The molecule has 0 amide bonds. The largest absolute Gasteiger partial charge is 0.456 e. The number of carbonyl (C=O) groups excluding carboxylic acids is 3. The number of hydrogen-bond acceptors (Lipinski definition) is 7. The number of unbranched alkanes of at least 4 members (excludes halogenated alkanes) is 4. The molecule has 212 valence electrons. The van der Waals surface area contributed by atoms with Gasteiger partial charge in [0.1, 0.15) is 17.7 Å². The van der Waals surface area contributed by atoms with Gasteiger partial charge in [-0.15, -0.1) is 0 Å². The van der Waals surface area contributed by atoms with E-state index in [2.05, 4.69) is 23.0 Å². The molecular weight excluding hydrogens is 504 g/mol. The minimum Gasteiger partial charge on any atom is -0.456 e. The first kappa shape index (κ1) is 29.4. The lowest BCUT2D eigenvalue weighted by atomic mass is 9.90. The van der Waals surface area contributed by atoms with Crippen molar-refractivity contribution in [2.45, 2.75) is 103 Å². The van der Waals surface area contributed by atoms with E-state index in [4.69, 9.17) is 9.47 Å². The van der Waals surface area contributed by atoms with Crippen molar-refractivity contribution in [3.8, 4) is 17.0 Å². The molecule has 1 saturated carbocycles. The van der Waals surface area contributed by atoms with E-state index in [0.29, 0.717) is 23.4 Å². The Morgan fingerprint density at radius 2 is 1.68 bits per heavy atom. The van der Waals surface area contributed by atoms with E-state index in [0.717, 1.165) is 73.6 Å². The van der Waals surface area contributed by atoms with Crippen molar-refractivity contribution < 1.29 is 23.9 Å². The minimum absolute atomic E-state index is 0.199. The van der Waals surface area contributed by atoms with E-state index >= 15 is 0 Å². The van der Waals surface area contributed by atoms with Crippen LogP contribution in [0.25, 0.3) is 22.2 Å². The number of fused-ring (bicyclic) bond motifs is 1. The highest BCUT2D eigenvalue weighted by atomic mass is 16.6. The summed E-state index contributed by atoms with van der Waals surface area (Å²) < 4.78 is 11.1. The van der Waals surface area contributed by atoms with Crippen LogP contribution in [0.3, 0.4) is 0 Å².